The number of benzene rings is 6. The number of carbonyl (C=O) groups excluding carboxylic acids is 2. The fourth-order valence-electron chi connectivity index (χ4n) is 10.5. The number of fused-ring (bicyclic) bond motifs is 8. The van der Waals surface area contributed by atoms with Gasteiger partial charge in [0.15, 0.2) is 0 Å². The molecule has 6 aromatic carbocycles. The molecule has 10 rings (SSSR count). The molecule has 2 aliphatic heterocycles. The summed E-state index contributed by atoms with van der Waals surface area (Å²) >= 11 is 12.9. The van der Waals surface area contributed by atoms with Gasteiger partial charge in [-0.1, -0.05) is 74.5 Å². The highest BCUT2D eigenvalue weighted by atomic mass is 35.5. The van der Waals surface area contributed by atoms with Crippen molar-refractivity contribution in [2.24, 2.45) is 0 Å². The van der Waals surface area contributed by atoms with Gasteiger partial charge < -0.3 is 33.8 Å². The molecule has 0 saturated carbocycles. The van der Waals surface area contributed by atoms with Crippen LogP contribution >= 0.6 is 23.2 Å². The number of hydrogen-bond donors (Lipinski definition) is 0. The Morgan fingerprint density at radius 2 is 1.06 bits per heavy atom. The Kier molecular flexibility index (Phi) is 15.2. The molecule has 0 N–H and O–H groups in total. The number of likely N-dealkylation sites (N-methyl/N-ethyl adjacent to an activating group) is 2. The topological polar surface area (TPSA) is 74.8 Å². The predicted octanol–water partition coefficient (Wildman–Crippen LogP) is 12.1. The van der Waals surface area contributed by atoms with Crippen LogP contribution in [0.1, 0.15) is 84.4 Å². The van der Waals surface area contributed by atoms with Crippen molar-refractivity contribution in [2.75, 3.05) is 89.1 Å². The molecule has 0 radical (unpaired) electrons. The number of halogens is 2. The van der Waals surface area contributed by atoms with Crippen molar-refractivity contribution < 1.29 is 23.8 Å². The highest BCUT2D eigenvalue weighted by Crippen LogP contribution is 2.48. The van der Waals surface area contributed by atoms with Crippen molar-refractivity contribution in [3.05, 3.63) is 147 Å². The summed E-state index contributed by atoms with van der Waals surface area (Å²) in [4.78, 5) is 35.8. The number of amides is 2. The Hall–Kier alpha value is -5.84. The van der Waals surface area contributed by atoms with E-state index in [1.807, 2.05) is 100 Å². The van der Waals surface area contributed by atoms with Crippen LogP contribution in [0.2, 0.25) is 0 Å². The van der Waals surface area contributed by atoms with E-state index >= 15 is 0 Å². The molecule has 71 heavy (non-hydrogen) atoms. The van der Waals surface area contributed by atoms with Gasteiger partial charge in [0, 0.05) is 90.9 Å². The molecule has 11 heteroatoms. The third kappa shape index (κ3) is 10.4. The lowest BCUT2D eigenvalue weighted by atomic mass is 9.89. The maximum Gasteiger partial charge on any atom is 0.254 e. The van der Waals surface area contributed by atoms with Crippen molar-refractivity contribution in [3.63, 3.8) is 0 Å². The lowest BCUT2D eigenvalue weighted by Gasteiger charge is -2.21. The van der Waals surface area contributed by atoms with Crippen LogP contribution in [0.5, 0.6) is 17.2 Å². The first-order valence-electron chi connectivity index (χ1n) is 25.0. The van der Waals surface area contributed by atoms with Gasteiger partial charge in [-0.3, -0.25) is 9.59 Å². The molecule has 6 aromatic rings. The second-order valence-electron chi connectivity index (χ2n) is 20.4. The maximum atomic E-state index is 13.9. The van der Waals surface area contributed by atoms with Crippen LogP contribution < -0.4 is 24.0 Å². The highest BCUT2D eigenvalue weighted by molar-refractivity contribution is 6.20. The molecule has 2 amide bonds. The van der Waals surface area contributed by atoms with E-state index in [-0.39, 0.29) is 29.8 Å². The lowest BCUT2D eigenvalue weighted by molar-refractivity contribution is -0.115. The average molecular weight is 994 g/mol. The Bertz CT molecular complexity index is 3050. The molecule has 0 aromatic heterocycles. The number of alkyl halides is 2. The molecule has 0 bridgehead atoms. The summed E-state index contributed by atoms with van der Waals surface area (Å²) in [6.45, 7) is 12.6. The van der Waals surface area contributed by atoms with Crippen molar-refractivity contribution in [3.8, 4) is 17.2 Å². The number of ether oxygens (including phenoxy) is 3. The molecule has 4 aliphatic rings. The van der Waals surface area contributed by atoms with E-state index in [1.165, 1.54) is 27.5 Å². The maximum absolute atomic E-state index is 13.9. The Labute approximate surface area is 429 Å². The third-order valence-corrected chi connectivity index (χ3v) is 14.7. The van der Waals surface area contributed by atoms with Gasteiger partial charge in [0.25, 0.3) is 11.8 Å². The van der Waals surface area contributed by atoms with Crippen LogP contribution in [0.4, 0.5) is 11.4 Å². The fourth-order valence-corrected chi connectivity index (χ4v) is 11.0. The van der Waals surface area contributed by atoms with Gasteiger partial charge in [0.05, 0.1) is 11.8 Å². The molecule has 2 atom stereocenters. The SMILES string of the molecule is CC(C)Oc1cc2c(c3ccccc13)[C@H](CCl)CN2C(=O)C1=Cc2cc(OCCN(C)C)ccc2C1.CC(C)c1cc2c(c3ccccc13)[C@H](CCl)CN2C(=O)C1=Cc2cc(OCCN(C)C)ccc2C1. The number of rotatable bonds is 15. The minimum Gasteiger partial charge on any atom is -0.492 e. The number of anilines is 2. The van der Waals surface area contributed by atoms with Crippen molar-refractivity contribution in [2.45, 2.75) is 64.4 Å². The first-order chi connectivity index (χ1) is 34.2. The number of nitrogens with zero attached hydrogens (tertiary/aromatic N) is 4. The summed E-state index contributed by atoms with van der Waals surface area (Å²) in [5.41, 5.74) is 11.6. The van der Waals surface area contributed by atoms with Gasteiger partial charge >= 0.3 is 0 Å². The van der Waals surface area contributed by atoms with Gasteiger partial charge in [0.1, 0.15) is 30.5 Å². The van der Waals surface area contributed by atoms with Gasteiger partial charge in [-0.15, -0.1) is 23.2 Å². The van der Waals surface area contributed by atoms with E-state index in [1.54, 1.807) is 0 Å². The summed E-state index contributed by atoms with van der Waals surface area (Å²) in [7, 11) is 8.12. The van der Waals surface area contributed by atoms with Gasteiger partial charge in [-0.05, 0) is 146 Å². The van der Waals surface area contributed by atoms with E-state index in [0.29, 0.717) is 56.8 Å². The standard InChI is InChI=1S/C30H33ClN2O3.C30H33ClN2O2/c1-19(2)36-28-16-27-29(26-8-6-5-7-25(26)28)23(17-31)18-33(27)30(34)22-13-20-9-10-24(15-21(20)14-22)35-12-11-32(3)4;1-19(2)27-16-28-29(26-8-6-5-7-25(26)27)23(17-31)18-33(28)30(34)22-13-20-9-10-24(15-21(20)14-22)35-12-11-32(3)4/h5-10,14-16,19,23H,11-13,17-18H2,1-4H3;5-10,14-16,19,23H,11-13,17-18H2,1-4H3/t2*23-/m11/s1. The first-order valence-corrected chi connectivity index (χ1v) is 26.0. The third-order valence-electron chi connectivity index (χ3n) is 14.0. The summed E-state index contributed by atoms with van der Waals surface area (Å²) in [6, 6.07) is 33.3. The van der Waals surface area contributed by atoms with E-state index in [0.717, 1.165) is 85.9 Å². The van der Waals surface area contributed by atoms with Crippen LogP contribution in [0.3, 0.4) is 0 Å². The summed E-state index contributed by atoms with van der Waals surface area (Å²) in [6.07, 6.45) is 5.34. The van der Waals surface area contributed by atoms with Gasteiger partial charge in [0.2, 0.25) is 0 Å². The van der Waals surface area contributed by atoms with E-state index in [9.17, 15) is 9.59 Å². The fraction of sp³-hybridized carbons (Fsp3) is 0.367. The molecular formula is C60H66Cl2N4O5. The monoisotopic (exact) mass is 992 g/mol. The van der Waals surface area contributed by atoms with Crippen LogP contribution in [0, 0.1) is 0 Å². The lowest BCUT2D eigenvalue weighted by Crippen LogP contribution is -2.31. The number of hydrogen-bond acceptors (Lipinski definition) is 7. The summed E-state index contributed by atoms with van der Waals surface area (Å²) < 4.78 is 18.0. The second-order valence-corrected chi connectivity index (χ2v) is 21.0. The second kappa shape index (κ2) is 21.5. The smallest absolute Gasteiger partial charge is 0.254 e. The van der Waals surface area contributed by atoms with E-state index in [4.69, 9.17) is 37.4 Å². The van der Waals surface area contributed by atoms with Crippen LogP contribution in [-0.4, -0.2) is 107 Å². The predicted molar refractivity (Wildman–Crippen MR) is 294 cm³/mol. The minimum atomic E-state index is 0.0286. The normalized spacial score (nSPS) is 16.6. The zero-order valence-electron chi connectivity index (χ0n) is 42.4. The average Bonchev–Trinajstić information content (AvgIpc) is 4.16. The zero-order chi connectivity index (χ0) is 50.1. The highest BCUT2D eigenvalue weighted by Gasteiger charge is 2.38. The molecular weight excluding hydrogens is 928 g/mol. The van der Waals surface area contributed by atoms with Crippen molar-refractivity contribution in [1.29, 1.82) is 0 Å². The van der Waals surface area contributed by atoms with Crippen molar-refractivity contribution in [1.82, 2.24) is 9.80 Å². The Morgan fingerprint density at radius 3 is 1.51 bits per heavy atom. The molecule has 2 heterocycles. The molecule has 9 nitrogen and oxygen atoms in total. The zero-order valence-corrected chi connectivity index (χ0v) is 43.9. The summed E-state index contributed by atoms with van der Waals surface area (Å²) in [5.74, 6) is 4.10. The van der Waals surface area contributed by atoms with Crippen LogP contribution in [0.15, 0.2) is 108 Å². The Morgan fingerprint density at radius 1 is 0.606 bits per heavy atom. The van der Waals surface area contributed by atoms with Crippen LogP contribution in [-0.2, 0) is 22.4 Å². The molecule has 0 spiro atoms. The minimum absolute atomic E-state index is 0.0286. The quantitative estimate of drug-likeness (QED) is 0.0949. The molecule has 0 fully saturated rings. The molecule has 0 saturated heterocycles. The molecule has 370 valence electrons. The van der Waals surface area contributed by atoms with E-state index < -0.39 is 0 Å². The molecule has 2 aliphatic carbocycles. The van der Waals surface area contributed by atoms with Crippen molar-refractivity contribution >= 4 is 80.1 Å². The van der Waals surface area contributed by atoms with Gasteiger partial charge in [-0.25, -0.2) is 0 Å². The molecule has 0 unspecified atom stereocenters. The van der Waals surface area contributed by atoms with E-state index in [2.05, 4.69) is 84.3 Å². The van der Waals surface area contributed by atoms with Crippen LogP contribution in [0.25, 0.3) is 33.7 Å². The number of carbonyl (C=O) groups is 2. The summed E-state index contributed by atoms with van der Waals surface area (Å²) in [5, 5.41) is 4.65. The first kappa shape index (κ1) is 50.1. The van der Waals surface area contributed by atoms with Gasteiger partial charge in [-0.2, -0.15) is 0 Å². The Balaban J connectivity index is 0.000000176. The largest absolute Gasteiger partial charge is 0.492 e.